The maximum atomic E-state index is 12.2. The molecule has 0 N–H and O–H groups in total. The lowest BCUT2D eigenvalue weighted by Crippen LogP contribution is -2.40. The van der Waals surface area contributed by atoms with Gasteiger partial charge in [0, 0.05) is 11.4 Å². The maximum absolute atomic E-state index is 12.2. The Morgan fingerprint density at radius 2 is 2.00 bits per heavy atom. The number of ketones is 2. The van der Waals surface area contributed by atoms with Gasteiger partial charge in [0.25, 0.3) is 0 Å². The van der Waals surface area contributed by atoms with Gasteiger partial charge in [0.15, 0.2) is 0 Å². The van der Waals surface area contributed by atoms with E-state index >= 15 is 0 Å². The number of benzene rings is 1. The molecule has 20 heavy (non-hydrogen) atoms. The molecule has 0 unspecified atom stereocenters. The van der Waals surface area contributed by atoms with Crippen LogP contribution in [0.3, 0.4) is 0 Å². The van der Waals surface area contributed by atoms with E-state index in [0.717, 1.165) is 18.4 Å². The Morgan fingerprint density at radius 3 is 2.60 bits per heavy atom. The van der Waals surface area contributed by atoms with Gasteiger partial charge in [-0.1, -0.05) is 42.3 Å². The third kappa shape index (κ3) is 3.18. The molecule has 1 fully saturated rings. The molecule has 1 atom stereocenters. The predicted molar refractivity (Wildman–Crippen MR) is 81.7 cm³/mol. The van der Waals surface area contributed by atoms with Gasteiger partial charge in [-0.25, -0.2) is 0 Å². The SMILES string of the molecule is CC(=O)[C@]1(C/C=C/c2ccc(Cl)cc2)CCCCC1=O. The number of carbonyl (C=O) groups excluding carboxylic acids is 2. The Morgan fingerprint density at radius 1 is 1.30 bits per heavy atom. The Hall–Kier alpha value is -1.41. The topological polar surface area (TPSA) is 34.1 Å². The van der Waals surface area contributed by atoms with Crippen molar-refractivity contribution in [1.29, 1.82) is 0 Å². The van der Waals surface area contributed by atoms with Crippen molar-refractivity contribution in [2.24, 2.45) is 5.41 Å². The third-order valence-electron chi connectivity index (χ3n) is 4.11. The standard InChI is InChI=1S/C17H19ClO2/c1-13(19)17(11-3-2-6-16(17)20)12-4-5-14-7-9-15(18)10-8-14/h4-5,7-10H,2-3,6,11-12H2,1H3/b5-4+/t17-/m1/s1. The van der Waals surface area contributed by atoms with Crippen molar-refractivity contribution in [2.75, 3.05) is 0 Å². The minimum atomic E-state index is -0.777. The van der Waals surface area contributed by atoms with Gasteiger partial charge in [0.2, 0.25) is 0 Å². The number of rotatable bonds is 4. The number of hydrogen-bond donors (Lipinski definition) is 0. The minimum absolute atomic E-state index is 0.00274. The Balaban J connectivity index is 2.11. The maximum Gasteiger partial charge on any atom is 0.146 e. The molecule has 0 amide bonds. The first kappa shape index (κ1) is 15.0. The normalized spacial score (nSPS) is 23.2. The molecule has 1 saturated carbocycles. The van der Waals surface area contributed by atoms with E-state index in [1.807, 2.05) is 36.4 Å². The molecule has 0 aliphatic heterocycles. The number of halogens is 1. The highest BCUT2D eigenvalue weighted by atomic mass is 35.5. The summed E-state index contributed by atoms with van der Waals surface area (Å²) in [5.41, 5.74) is 0.248. The zero-order valence-electron chi connectivity index (χ0n) is 11.7. The lowest BCUT2D eigenvalue weighted by Gasteiger charge is -2.32. The van der Waals surface area contributed by atoms with Crippen LogP contribution < -0.4 is 0 Å². The van der Waals surface area contributed by atoms with E-state index in [-0.39, 0.29) is 11.6 Å². The molecule has 2 nitrogen and oxygen atoms in total. The molecule has 2 rings (SSSR count). The second-order valence-corrected chi connectivity index (χ2v) is 5.86. The highest BCUT2D eigenvalue weighted by Gasteiger charge is 2.42. The first-order valence-corrected chi connectivity index (χ1v) is 7.39. The largest absolute Gasteiger partial charge is 0.299 e. The van der Waals surface area contributed by atoms with Crippen LogP contribution in [0.15, 0.2) is 30.3 Å². The van der Waals surface area contributed by atoms with Crippen LogP contribution >= 0.6 is 11.6 Å². The van der Waals surface area contributed by atoms with E-state index in [0.29, 0.717) is 24.3 Å². The molecule has 1 aliphatic rings. The van der Waals surface area contributed by atoms with Crippen molar-refractivity contribution in [1.82, 2.24) is 0 Å². The molecule has 0 saturated heterocycles. The summed E-state index contributed by atoms with van der Waals surface area (Å²) in [6, 6.07) is 7.49. The summed E-state index contributed by atoms with van der Waals surface area (Å²) in [5, 5.41) is 0.699. The monoisotopic (exact) mass is 290 g/mol. The molecule has 0 radical (unpaired) electrons. The van der Waals surface area contributed by atoms with Crippen LogP contribution in [0, 0.1) is 5.41 Å². The minimum Gasteiger partial charge on any atom is -0.299 e. The predicted octanol–water partition coefficient (Wildman–Crippen LogP) is 4.46. The van der Waals surface area contributed by atoms with Gasteiger partial charge >= 0.3 is 0 Å². The summed E-state index contributed by atoms with van der Waals surface area (Å²) in [6.07, 6.45) is 7.48. The first-order chi connectivity index (χ1) is 9.54. The van der Waals surface area contributed by atoms with E-state index < -0.39 is 5.41 Å². The van der Waals surface area contributed by atoms with Gasteiger partial charge < -0.3 is 0 Å². The average Bonchev–Trinajstić information content (AvgIpc) is 2.43. The Bertz CT molecular complexity index is 530. The van der Waals surface area contributed by atoms with Gasteiger partial charge in [-0.15, -0.1) is 0 Å². The molecular weight excluding hydrogens is 272 g/mol. The fourth-order valence-corrected chi connectivity index (χ4v) is 2.92. The molecule has 1 aromatic rings. The van der Waals surface area contributed by atoms with Crippen molar-refractivity contribution in [2.45, 2.75) is 39.0 Å². The molecule has 0 aromatic heterocycles. The summed E-state index contributed by atoms with van der Waals surface area (Å²) in [4.78, 5) is 24.1. The average molecular weight is 291 g/mol. The van der Waals surface area contributed by atoms with E-state index in [9.17, 15) is 9.59 Å². The van der Waals surface area contributed by atoms with Crippen molar-refractivity contribution in [3.8, 4) is 0 Å². The van der Waals surface area contributed by atoms with Crippen molar-refractivity contribution >= 4 is 29.2 Å². The summed E-state index contributed by atoms with van der Waals surface area (Å²) in [7, 11) is 0. The Kier molecular flexibility index (Phi) is 4.77. The quantitative estimate of drug-likeness (QED) is 0.767. The highest BCUT2D eigenvalue weighted by Crippen LogP contribution is 2.37. The van der Waals surface area contributed by atoms with Gasteiger partial charge in [-0.3, -0.25) is 9.59 Å². The number of carbonyl (C=O) groups is 2. The molecule has 1 aromatic carbocycles. The third-order valence-corrected chi connectivity index (χ3v) is 4.36. The molecular formula is C17H19ClO2. The van der Waals surface area contributed by atoms with Crippen LogP contribution in [0.4, 0.5) is 0 Å². The van der Waals surface area contributed by atoms with Crippen LogP contribution in [-0.2, 0) is 9.59 Å². The van der Waals surface area contributed by atoms with Gasteiger partial charge in [-0.2, -0.15) is 0 Å². The van der Waals surface area contributed by atoms with Gasteiger partial charge in [0.05, 0.1) is 5.41 Å². The molecule has 0 spiro atoms. The van der Waals surface area contributed by atoms with Crippen LogP contribution in [0.2, 0.25) is 5.02 Å². The molecule has 0 bridgehead atoms. The molecule has 106 valence electrons. The first-order valence-electron chi connectivity index (χ1n) is 7.01. The molecule has 1 aliphatic carbocycles. The smallest absolute Gasteiger partial charge is 0.146 e. The van der Waals surface area contributed by atoms with E-state index in [2.05, 4.69) is 0 Å². The lowest BCUT2D eigenvalue weighted by atomic mass is 9.68. The number of allylic oxidation sites excluding steroid dienone is 1. The van der Waals surface area contributed by atoms with Crippen LogP contribution in [0.25, 0.3) is 6.08 Å². The van der Waals surface area contributed by atoms with Crippen molar-refractivity contribution < 1.29 is 9.59 Å². The van der Waals surface area contributed by atoms with Crippen LogP contribution in [-0.4, -0.2) is 11.6 Å². The number of hydrogen-bond acceptors (Lipinski definition) is 2. The van der Waals surface area contributed by atoms with Crippen LogP contribution in [0.1, 0.15) is 44.6 Å². The number of Topliss-reactive ketones (excluding diaryl/α,β-unsaturated/α-hetero) is 2. The van der Waals surface area contributed by atoms with E-state index in [4.69, 9.17) is 11.6 Å². The lowest BCUT2D eigenvalue weighted by molar-refractivity contribution is -0.141. The molecule has 3 heteroatoms. The van der Waals surface area contributed by atoms with Crippen molar-refractivity contribution in [3.05, 3.63) is 40.9 Å². The van der Waals surface area contributed by atoms with Crippen LogP contribution in [0.5, 0.6) is 0 Å². The summed E-state index contributed by atoms with van der Waals surface area (Å²) in [6.45, 7) is 1.54. The summed E-state index contributed by atoms with van der Waals surface area (Å²) >= 11 is 5.84. The fraction of sp³-hybridized carbons (Fsp3) is 0.412. The zero-order chi connectivity index (χ0) is 14.6. The van der Waals surface area contributed by atoms with E-state index in [1.54, 1.807) is 6.92 Å². The summed E-state index contributed by atoms with van der Waals surface area (Å²) < 4.78 is 0. The molecule has 0 heterocycles. The van der Waals surface area contributed by atoms with Gasteiger partial charge in [0.1, 0.15) is 11.6 Å². The van der Waals surface area contributed by atoms with Gasteiger partial charge in [-0.05, 0) is 43.9 Å². The highest BCUT2D eigenvalue weighted by molar-refractivity contribution is 6.30. The fourth-order valence-electron chi connectivity index (χ4n) is 2.79. The Labute approximate surface area is 124 Å². The second-order valence-electron chi connectivity index (χ2n) is 5.43. The zero-order valence-corrected chi connectivity index (χ0v) is 12.5. The van der Waals surface area contributed by atoms with E-state index in [1.165, 1.54) is 0 Å². The second kappa shape index (κ2) is 6.36. The summed E-state index contributed by atoms with van der Waals surface area (Å²) in [5.74, 6) is 0.111. The van der Waals surface area contributed by atoms with Crippen molar-refractivity contribution in [3.63, 3.8) is 0 Å².